The SMILES string of the molecule is CC(O)C(=O)[O-].CC(O)C(=O)[O-].CC(O)C(=O)[O-].CC(O)C(=O)[O-].CC(O)C(=O)[O-].CC(O)C(=O)[O-].CC(O)C(=O)[O-].[Ca+2].[NH4+].[Zr+4]. The van der Waals surface area contributed by atoms with Crippen LogP contribution in [0.4, 0.5) is 0 Å². The predicted octanol–water partition coefficient (Wildman–Crippen LogP) is -13.2. The Morgan fingerprint density at radius 2 is 0.356 bits per heavy atom. The normalized spacial score (nSPS) is 12.8. The fraction of sp³-hybridized carbons (Fsp3) is 0.667. The zero-order chi connectivity index (χ0) is 36.1. The standard InChI is InChI=1S/7C3H6O3.Ca.H3N.Zr/c7*1-2(4)3(5)6;;;/h7*2,4H,1H3,(H,5,6);;1H3;/q;;;;;;;+2;;+4/p-6. The van der Waals surface area contributed by atoms with Crippen LogP contribution < -0.4 is 41.9 Å². The summed E-state index contributed by atoms with van der Waals surface area (Å²) in [7, 11) is 0. The first-order chi connectivity index (χ1) is 18.5. The predicted molar refractivity (Wildman–Crippen MR) is 129 cm³/mol. The molecule has 0 aromatic rings. The molecule has 45 heavy (non-hydrogen) atoms. The molecule has 22 nitrogen and oxygen atoms in total. The molecule has 0 aliphatic rings. The Balaban J connectivity index is -0.0000000393. The van der Waals surface area contributed by atoms with Gasteiger partial charge in [-0.3, -0.25) is 0 Å². The molecule has 11 N–H and O–H groups in total. The zero-order valence-corrected chi connectivity index (χ0v) is 30.3. The zero-order valence-electron chi connectivity index (χ0n) is 25.6. The Kier molecular flexibility index (Phi) is 68.6. The average molecular weight is 773 g/mol. The van der Waals surface area contributed by atoms with Crippen LogP contribution in [-0.2, 0) is 59.8 Å². The summed E-state index contributed by atoms with van der Waals surface area (Å²) in [4.78, 5) is 65.4. The molecular formula is C21H39CaNO21Zr. The van der Waals surface area contributed by atoms with E-state index in [2.05, 4.69) is 0 Å². The van der Waals surface area contributed by atoms with Crippen LogP contribution in [0, 0.1) is 0 Å². The number of hydrogen-bond acceptors (Lipinski definition) is 21. The van der Waals surface area contributed by atoms with Crippen LogP contribution in [0.3, 0.4) is 0 Å². The molecule has 260 valence electrons. The number of aliphatic carboxylic acids is 7. The summed E-state index contributed by atoms with van der Waals surface area (Å²) in [5.74, 6) is -10.0. The quantitative estimate of drug-likeness (QED) is 0.111. The van der Waals surface area contributed by atoms with Crippen molar-refractivity contribution >= 4 is 79.5 Å². The number of carboxylic acid groups (broad SMARTS) is 7. The van der Waals surface area contributed by atoms with Gasteiger partial charge in [0.1, 0.15) is 0 Å². The third-order valence-corrected chi connectivity index (χ3v) is 2.39. The van der Waals surface area contributed by atoms with Crippen LogP contribution in [-0.4, -0.2) is 158 Å². The minimum atomic E-state index is -1.44. The molecule has 0 aliphatic heterocycles. The van der Waals surface area contributed by atoms with Crippen LogP contribution in [0.2, 0.25) is 0 Å². The second-order valence-electron chi connectivity index (χ2n) is 6.97. The Labute approximate surface area is 306 Å². The first kappa shape index (κ1) is 69.7. The van der Waals surface area contributed by atoms with Gasteiger partial charge in [-0.05, 0) is 48.5 Å². The maximum Gasteiger partial charge on any atom is 4.00 e. The van der Waals surface area contributed by atoms with Gasteiger partial charge in [0.05, 0.1) is 84.5 Å². The molecule has 0 aromatic carbocycles. The Bertz CT molecular complexity index is 597. The molecule has 0 aromatic heterocycles. The number of aliphatic hydroxyl groups excluding tert-OH is 7. The van der Waals surface area contributed by atoms with Crippen molar-refractivity contribution < 1.29 is 131 Å². The first-order valence-electron chi connectivity index (χ1n) is 10.7. The number of carboxylic acids is 7. The van der Waals surface area contributed by atoms with Gasteiger partial charge in [0.25, 0.3) is 0 Å². The molecule has 0 heterocycles. The molecule has 0 amide bonds. The molecule has 0 radical (unpaired) electrons. The van der Waals surface area contributed by atoms with Crippen molar-refractivity contribution in [2.75, 3.05) is 0 Å². The van der Waals surface area contributed by atoms with Crippen LogP contribution in [0.15, 0.2) is 0 Å². The minimum absolute atomic E-state index is 0. The number of carbonyl (C=O) groups excluding carboxylic acids is 7. The van der Waals surface area contributed by atoms with Crippen molar-refractivity contribution in [2.24, 2.45) is 0 Å². The molecule has 0 fully saturated rings. The van der Waals surface area contributed by atoms with E-state index in [1.807, 2.05) is 0 Å². The fourth-order valence-corrected chi connectivity index (χ4v) is 0. The molecule has 0 saturated heterocycles. The summed E-state index contributed by atoms with van der Waals surface area (Å²) >= 11 is 0. The summed E-state index contributed by atoms with van der Waals surface area (Å²) in [6.07, 6.45) is -9.40. The van der Waals surface area contributed by atoms with E-state index in [1.165, 1.54) is 0 Å². The summed E-state index contributed by atoms with van der Waals surface area (Å²) in [5.41, 5.74) is 0. The van der Waals surface area contributed by atoms with Crippen LogP contribution in [0.5, 0.6) is 0 Å². The molecule has 0 saturated carbocycles. The van der Waals surface area contributed by atoms with E-state index >= 15 is 0 Å². The number of aliphatic hydroxyl groups is 7. The van der Waals surface area contributed by atoms with Crippen molar-refractivity contribution in [1.29, 1.82) is 0 Å². The molecular weight excluding hydrogens is 734 g/mol. The monoisotopic (exact) mass is 771 g/mol. The largest absolute Gasteiger partial charge is 4.00 e. The van der Waals surface area contributed by atoms with Gasteiger partial charge in [-0.25, -0.2) is 0 Å². The van der Waals surface area contributed by atoms with Gasteiger partial charge in [-0.2, -0.15) is 0 Å². The smallest absolute Gasteiger partial charge is 0.547 e. The van der Waals surface area contributed by atoms with Gasteiger partial charge in [0.15, 0.2) is 0 Å². The van der Waals surface area contributed by atoms with E-state index in [1.54, 1.807) is 0 Å². The average Bonchev–Trinajstić information content (AvgIpc) is 2.80. The second kappa shape index (κ2) is 44.2. The molecule has 0 aliphatic carbocycles. The van der Waals surface area contributed by atoms with E-state index < -0.39 is 84.5 Å². The third-order valence-electron chi connectivity index (χ3n) is 2.39. The fourth-order valence-electron chi connectivity index (χ4n) is 0. The third kappa shape index (κ3) is 99.4. The summed E-state index contributed by atoms with van der Waals surface area (Å²) in [6.45, 7) is 7.94. The van der Waals surface area contributed by atoms with E-state index in [-0.39, 0.29) is 70.1 Å². The summed E-state index contributed by atoms with van der Waals surface area (Å²) in [5, 5.41) is 121. The Morgan fingerprint density at radius 3 is 0.356 bits per heavy atom. The summed E-state index contributed by atoms with van der Waals surface area (Å²) in [6, 6.07) is 0. The van der Waals surface area contributed by atoms with Crippen molar-refractivity contribution in [3.05, 3.63) is 0 Å². The molecule has 24 heteroatoms. The maximum absolute atomic E-state index is 9.34. The van der Waals surface area contributed by atoms with E-state index in [4.69, 9.17) is 35.7 Å². The minimum Gasteiger partial charge on any atom is -0.547 e. The first-order valence-corrected chi connectivity index (χ1v) is 10.7. The van der Waals surface area contributed by atoms with Crippen LogP contribution >= 0.6 is 0 Å². The van der Waals surface area contributed by atoms with Crippen molar-refractivity contribution in [3.8, 4) is 0 Å². The van der Waals surface area contributed by atoms with E-state index in [9.17, 15) is 69.3 Å². The van der Waals surface area contributed by atoms with E-state index in [0.717, 1.165) is 48.5 Å². The number of carbonyl (C=O) groups is 7. The molecule has 0 bridgehead atoms. The van der Waals surface area contributed by atoms with Crippen molar-refractivity contribution in [1.82, 2.24) is 6.15 Å². The number of quaternary nitrogens is 1. The van der Waals surface area contributed by atoms with Gasteiger partial charge in [0, 0.05) is 0 Å². The van der Waals surface area contributed by atoms with Gasteiger partial charge < -0.3 is 111 Å². The summed E-state index contributed by atoms with van der Waals surface area (Å²) < 4.78 is 0. The number of hydrogen-bond donors (Lipinski definition) is 8. The molecule has 7 atom stereocenters. The van der Waals surface area contributed by atoms with E-state index in [0.29, 0.717) is 0 Å². The van der Waals surface area contributed by atoms with Gasteiger partial charge in [0.2, 0.25) is 0 Å². The Morgan fingerprint density at radius 1 is 0.333 bits per heavy atom. The van der Waals surface area contributed by atoms with Crippen molar-refractivity contribution in [2.45, 2.75) is 91.2 Å². The van der Waals surface area contributed by atoms with Crippen molar-refractivity contribution in [3.63, 3.8) is 0 Å². The number of rotatable bonds is 7. The topological polar surface area (TPSA) is 459 Å². The van der Waals surface area contributed by atoms with Gasteiger partial charge in [-0.1, -0.05) is 0 Å². The van der Waals surface area contributed by atoms with Gasteiger partial charge >= 0.3 is 63.9 Å². The maximum atomic E-state index is 9.34. The molecule has 7 unspecified atom stereocenters. The van der Waals surface area contributed by atoms with Crippen LogP contribution in [0.25, 0.3) is 0 Å². The second-order valence-corrected chi connectivity index (χ2v) is 6.97. The Hall–Kier alpha value is -1.89. The van der Waals surface area contributed by atoms with Gasteiger partial charge in [-0.15, -0.1) is 0 Å². The molecule has 0 spiro atoms. The molecule has 0 rings (SSSR count). The van der Waals surface area contributed by atoms with Crippen LogP contribution in [0.1, 0.15) is 48.5 Å².